The van der Waals surface area contributed by atoms with Gasteiger partial charge in [-0.2, -0.15) is 4.98 Å². The lowest BCUT2D eigenvalue weighted by atomic mass is 10.0. The summed E-state index contributed by atoms with van der Waals surface area (Å²) in [4.78, 5) is 8.81. The molecule has 0 saturated heterocycles. The fraction of sp³-hybridized carbons (Fsp3) is 0.444. The largest absolute Gasteiger partial charge is 0.354 e. The Labute approximate surface area is 133 Å². The topological polar surface area (TPSA) is 49.8 Å². The summed E-state index contributed by atoms with van der Waals surface area (Å²) in [6.07, 6.45) is 5.38. The molecule has 4 heteroatoms. The van der Waals surface area contributed by atoms with Gasteiger partial charge in [0, 0.05) is 18.4 Å². The molecule has 0 fully saturated rings. The summed E-state index contributed by atoms with van der Waals surface area (Å²) in [5.41, 5.74) is 2.40. The third-order valence-electron chi connectivity index (χ3n) is 3.56. The number of aromatic nitrogens is 2. The fourth-order valence-electron chi connectivity index (χ4n) is 2.34. The minimum absolute atomic E-state index is 0.470. The van der Waals surface area contributed by atoms with E-state index >= 15 is 0 Å². The molecular formula is C18H26N4. The summed E-state index contributed by atoms with van der Waals surface area (Å²) in [7, 11) is 0. The van der Waals surface area contributed by atoms with Crippen molar-refractivity contribution >= 4 is 17.5 Å². The third-order valence-corrected chi connectivity index (χ3v) is 3.56. The molecule has 2 aromatic rings. The van der Waals surface area contributed by atoms with Gasteiger partial charge in [0.05, 0.1) is 0 Å². The molecule has 0 radical (unpaired) electrons. The number of benzene rings is 1. The molecule has 0 aliphatic carbocycles. The van der Waals surface area contributed by atoms with Crippen LogP contribution in [0.25, 0.3) is 0 Å². The zero-order valence-corrected chi connectivity index (χ0v) is 13.8. The lowest BCUT2D eigenvalue weighted by Gasteiger charge is -2.14. The zero-order valence-electron chi connectivity index (χ0n) is 13.8. The van der Waals surface area contributed by atoms with Crippen LogP contribution in [0.3, 0.4) is 0 Å². The number of nitrogens with zero attached hydrogens (tertiary/aromatic N) is 2. The minimum Gasteiger partial charge on any atom is -0.354 e. The molecule has 0 amide bonds. The van der Waals surface area contributed by atoms with E-state index in [4.69, 9.17) is 0 Å². The van der Waals surface area contributed by atoms with Gasteiger partial charge >= 0.3 is 0 Å². The molecule has 0 aliphatic rings. The highest BCUT2D eigenvalue weighted by molar-refractivity contribution is 5.61. The molecule has 0 atom stereocenters. The molecule has 1 aromatic heterocycles. The second kappa shape index (κ2) is 8.37. The van der Waals surface area contributed by atoms with Gasteiger partial charge in [0.1, 0.15) is 5.82 Å². The molecule has 1 aromatic carbocycles. The van der Waals surface area contributed by atoms with Crippen molar-refractivity contribution in [3.63, 3.8) is 0 Å². The Hall–Kier alpha value is -2.10. The van der Waals surface area contributed by atoms with E-state index in [-0.39, 0.29) is 0 Å². The van der Waals surface area contributed by atoms with E-state index < -0.39 is 0 Å². The van der Waals surface area contributed by atoms with Crippen LogP contribution in [0, 0.1) is 0 Å². The summed E-state index contributed by atoms with van der Waals surface area (Å²) in [6, 6.07) is 10.2. The van der Waals surface area contributed by atoms with Crippen molar-refractivity contribution in [1.29, 1.82) is 0 Å². The number of nitrogens with one attached hydrogen (secondary N) is 2. The predicted molar refractivity (Wildman–Crippen MR) is 93.9 cm³/mol. The van der Waals surface area contributed by atoms with Gasteiger partial charge in [-0.05, 0) is 30.0 Å². The van der Waals surface area contributed by atoms with Crippen LogP contribution in [0.5, 0.6) is 0 Å². The van der Waals surface area contributed by atoms with Gasteiger partial charge in [0.2, 0.25) is 5.95 Å². The highest BCUT2D eigenvalue weighted by Crippen LogP contribution is 2.26. The summed E-state index contributed by atoms with van der Waals surface area (Å²) in [6.45, 7) is 7.51. The molecule has 0 saturated carbocycles. The van der Waals surface area contributed by atoms with Crippen LogP contribution in [0.4, 0.5) is 17.5 Å². The third kappa shape index (κ3) is 4.72. The van der Waals surface area contributed by atoms with Crippen LogP contribution < -0.4 is 10.6 Å². The minimum atomic E-state index is 0.470. The lowest BCUT2D eigenvalue weighted by Crippen LogP contribution is -2.07. The molecule has 2 rings (SSSR count). The van der Waals surface area contributed by atoms with Crippen molar-refractivity contribution in [3.8, 4) is 0 Å². The van der Waals surface area contributed by atoms with E-state index in [1.54, 1.807) is 6.20 Å². The van der Waals surface area contributed by atoms with Crippen LogP contribution in [-0.2, 0) is 0 Å². The summed E-state index contributed by atoms with van der Waals surface area (Å²) >= 11 is 0. The number of hydrogen-bond acceptors (Lipinski definition) is 4. The van der Waals surface area contributed by atoms with Crippen LogP contribution in [0.2, 0.25) is 0 Å². The second-order valence-electron chi connectivity index (χ2n) is 5.77. The first-order valence-corrected chi connectivity index (χ1v) is 8.13. The monoisotopic (exact) mass is 298 g/mol. The van der Waals surface area contributed by atoms with E-state index in [2.05, 4.69) is 59.6 Å². The maximum atomic E-state index is 4.53. The Bertz CT molecular complexity index is 581. The molecular weight excluding hydrogens is 272 g/mol. The van der Waals surface area contributed by atoms with Crippen LogP contribution >= 0.6 is 0 Å². The van der Waals surface area contributed by atoms with E-state index in [1.807, 2.05) is 12.1 Å². The zero-order chi connectivity index (χ0) is 15.8. The Morgan fingerprint density at radius 1 is 1.09 bits per heavy atom. The molecule has 4 nitrogen and oxygen atoms in total. The normalized spacial score (nSPS) is 10.7. The van der Waals surface area contributed by atoms with Gasteiger partial charge in [-0.15, -0.1) is 0 Å². The van der Waals surface area contributed by atoms with Crippen molar-refractivity contribution < 1.29 is 0 Å². The van der Waals surface area contributed by atoms with Crippen molar-refractivity contribution in [2.45, 2.75) is 46.0 Å². The van der Waals surface area contributed by atoms with Crippen molar-refractivity contribution in [3.05, 3.63) is 42.1 Å². The molecule has 0 bridgehead atoms. The first-order valence-electron chi connectivity index (χ1n) is 8.13. The smallest absolute Gasteiger partial charge is 0.224 e. The quantitative estimate of drug-likeness (QED) is 0.677. The number of rotatable bonds is 8. The first-order chi connectivity index (χ1) is 10.7. The van der Waals surface area contributed by atoms with Gasteiger partial charge in [0.25, 0.3) is 0 Å². The Morgan fingerprint density at radius 3 is 2.68 bits per heavy atom. The van der Waals surface area contributed by atoms with Crippen LogP contribution in [0.1, 0.15) is 51.5 Å². The summed E-state index contributed by atoms with van der Waals surface area (Å²) in [5.74, 6) is 1.97. The van der Waals surface area contributed by atoms with Gasteiger partial charge in [0.15, 0.2) is 0 Å². The van der Waals surface area contributed by atoms with Crippen molar-refractivity contribution in [2.75, 3.05) is 17.2 Å². The van der Waals surface area contributed by atoms with Gasteiger partial charge in [-0.3, -0.25) is 0 Å². The van der Waals surface area contributed by atoms with Gasteiger partial charge in [-0.1, -0.05) is 51.8 Å². The first kappa shape index (κ1) is 16.3. The standard InChI is InChI=1S/C18H26N4/c1-4-5-8-12-19-18-20-13-11-17(22-18)21-16-10-7-6-9-15(16)14(2)3/h6-7,9-11,13-14H,4-5,8,12H2,1-3H3,(H2,19,20,21,22). The molecule has 0 aliphatic heterocycles. The predicted octanol–water partition coefficient (Wildman–Crippen LogP) is 4.95. The van der Waals surface area contributed by atoms with E-state index in [1.165, 1.54) is 18.4 Å². The average Bonchev–Trinajstić information content (AvgIpc) is 2.52. The van der Waals surface area contributed by atoms with Crippen molar-refractivity contribution in [2.24, 2.45) is 0 Å². The van der Waals surface area contributed by atoms with E-state index in [0.29, 0.717) is 11.9 Å². The summed E-state index contributed by atoms with van der Waals surface area (Å²) in [5, 5.41) is 6.69. The Kier molecular flexibility index (Phi) is 6.19. The highest BCUT2D eigenvalue weighted by atomic mass is 15.1. The van der Waals surface area contributed by atoms with Crippen LogP contribution in [-0.4, -0.2) is 16.5 Å². The van der Waals surface area contributed by atoms with E-state index in [0.717, 1.165) is 24.5 Å². The maximum Gasteiger partial charge on any atom is 0.224 e. The van der Waals surface area contributed by atoms with Gasteiger partial charge < -0.3 is 10.6 Å². The number of hydrogen-bond donors (Lipinski definition) is 2. The van der Waals surface area contributed by atoms with Crippen molar-refractivity contribution in [1.82, 2.24) is 9.97 Å². The average molecular weight is 298 g/mol. The highest BCUT2D eigenvalue weighted by Gasteiger charge is 2.07. The fourth-order valence-corrected chi connectivity index (χ4v) is 2.34. The lowest BCUT2D eigenvalue weighted by molar-refractivity contribution is 0.740. The number of para-hydroxylation sites is 1. The Balaban J connectivity index is 2.04. The number of unbranched alkanes of at least 4 members (excludes halogenated alkanes) is 2. The molecule has 2 N–H and O–H groups in total. The molecule has 0 spiro atoms. The Morgan fingerprint density at radius 2 is 1.91 bits per heavy atom. The van der Waals surface area contributed by atoms with E-state index in [9.17, 15) is 0 Å². The molecule has 118 valence electrons. The maximum absolute atomic E-state index is 4.53. The van der Waals surface area contributed by atoms with Crippen LogP contribution in [0.15, 0.2) is 36.5 Å². The van der Waals surface area contributed by atoms with Gasteiger partial charge in [-0.25, -0.2) is 4.98 Å². The number of anilines is 3. The molecule has 1 heterocycles. The molecule has 0 unspecified atom stereocenters. The second-order valence-corrected chi connectivity index (χ2v) is 5.77. The summed E-state index contributed by atoms with van der Waals surface area (Å²) < 4.78 is 0. The molecule has 22 heavy (non-hydrogen) atoms. The SMILES string of the molecule is CCCCCNc1nccc(Nc2ccccc2C(C)C)n1.